The number of nitrogens with two attached hydrogens (primary N) is 1. The van der Waals surface area contributed by atoms with Gasteiger partial charge < -0.3 is 5.84 Å². The average Bonchev–Trinajstić information content (AvgIpc) is 2.42. The molecule has 1 heterocycles. The van der Waals surface area contributed by atoms with Gasteiger partial charge in [0.25, 0.3) is 0 Å². The Hall–Kier alpha value is -2.09. The minimum Gasteiger partial charge on any atom is -0.337 e. The third-order valence-electron chi connectivity index (χ3n) is 1.75. The molecule has 0 radical (unpaired) electrons. The Bertz CT molecular complexity index is 509. The summed E-state index contributed by atoms with van der Waals surface area (Å²) < 4.78 is 13.8. The fourth-order valence-electron chi connectivity index (χ4n) is 1.15. The van der Waals surface area contributed by atoms with Crippen LogP contribution >= 0.6 is 0 Å². The molecule has 0 amide bonds. The van der Waals surface area contributed by atoms with Crippen molar-refractivity contribution in [3.05, 3.63) is 29.8 Å². The largest absolute Gasteiger partial charge is 0.337 e. The Kier molecular flexibility index (Phi) is 1.43. The highest BCUT2D eigenvalue weighted by molar-refractivity contribution is 5.76. The van der Waals surface area contributed by atoms with E-state index in [1.165, 1.54) is 18.2 Å². The molecule has 0 saturated heterocycles. The standard InChI is InChI=1S/C8H5FN4/c9-5-1-2-7-6(3-5)12-8(4-10)13(7)11/h1-3H,11H2. The highest BCUT2D eigenvalue weighted by Crippen LogP contribution is 2.14. The van der Waals surface area contributed by atoms with Gasteiger partial charge in [-0.05, 0) is 12.1 Å². The second-order valence-electron chi connectivity index (χ2n) is 2.55. The first-order chi connectivity index (χ1) is 6.22. The second-order valence-corrected chi connectivity index (χ2v) is 2.55. The van der Waals surface area contributed by atoms with Crippen LogP contribution in [0.15, 0.2) is 18.2 Å². The molecule has 0 bridgehead atoms. The van der Waals surface area contributed by atoms with Crippen LogP contribution in [0.25, 0.3) is 11.0 Å². The molecule has 0 aliphatic carbocycles. The molecule has 64 valence electrons. The summed E-state index contributed by atoms with van der Waals surface area (Å²) in [5.74, 6) is 5.19. The van der Waals surface area contributed by atoms with Crippen molar-refractivity contribution in [1.29, 1.82) is 5.26 Å². The van der Waals surface area contributed by atoms with Gasteiger partial charge in [-0.15, -0.1) is 0 Å². The number of hydrogen-bond acceptors (Lipinski definition) is 3. The first-order valence-electron chi connectivity index (χ1n) is 3.55. The minimum atomic E-state index is -0.393. The van der Waals surface area contributed by atoms with E-state index in [9.17, 15) is 4.39 Å². The molecule has 0 aliphatic heterocycles. The molecule has 0 fully saturated rings. The molecule has 0 atom stereocenters. The number of nitriles is 1. The lowest BCUT2D eigenvalue weighted by Gasteiger charge is -1.93. The van der Waals surface area contributed by atoms with E-state index in [-0.39, 0.29) is 5.82 Å². The van der Waals surface area contributed by atoms with E-state index in [0.29, 0.717) is 11.0 Å². The first-order valence-corrected chi connectivity index (χ1v) is 3.55. The summed E-state index contributed by atoms with van der Waals surface area (Å²) in [7, 11) is 0. The molecule has 2 rings (SSSR count). The van der Waals surface area contributed by atoms with Gasteiger partial charge in [-0.25, -0.2) is 14.1 Å². The minimum absolute atomic E-state index is 0.0700. The lowest BCUT2D eigenvalue weighted by Crippen LogP contribution is -2.09. The normalized spacial score (nSPS) is 10.2. The van der Waals surface area contributed by atoms with Crippen LogP contribution in [-0.4, -0.2) is 9.66 Å². The highest BCUT2D eigenvalue weighted by atomic mass is 19.1. The fourth-order valence-corrected chi connectivity index (χ4v) is 1.15. The smallest absolute Gasteiger partial charge is 0.232 e. The summed E-state index contributed by atoms with van der Waals surface area (Å²) in [6.07, 6.45) is 0. The van der Waals surface area contributed by atoms with Crippen molar-refractivity contribution >= 4 is 11.0 Å². The molecule has 1 aromatic carbocycles. The average molecular weight is 176 g/mol. The predicted octanol–water partition coefficient (Wildman–Crippen LogP) is 0.761. The number of rotatable bonds is 0. The van der Waals surface area contributed by atoms with Gasteiger partial charge in [0.05, 0.1) is 11.0 Å². The van der Waals surface area contributed by atoms with E-state index in [2.05, 4.69) is 4.98 Å². The van der Waals surface area contributed by atoms with Crippen LogP contribution < -0.4 is 5.84 Å². The first kappa shape index (κ1) is 7.55. The van der Waals surface area contributed by atoms with Crippen LogP contribution in [0.4, 0.5) is 4.39 Å². The molecule has 0 unspecified atom stereocenters. The Morgan fingerprint density at radius 3 is 3.00 bits per heavy atom. The number of hydrogen-bond donors (Lipinski definition) is 1. The monoisotopic (exact) mass is 176 g/mol. The van der Waals surface area contributed by atoms with Crippen LogP contribution in [0, 0.1) is 17.1 Å². The van der Waals surface area contributed by atoms with Crippen LogP contribution in [0.5, 0.6) is 0 Å². The summed E-state index contributed by atoms with van der Waals surface area (Å²) in [5.41, 5.74) is 0.928. The number of imidazole rings is 1. The highest BCUT2D eigenvalue weighted by Gasteiger charge is 2.07. The van der Waals surface area contributed by atoms with Gasteiger partial charge in [-0.1, -0.05) is 0 Å². The van der Waals surface area contributed by atoms with Gasteiger partial charge in [-0.2, -0.15) is 5.26 Å². The van der Waals surface area contributed by atoms with Crippen molar-refractivity contribution in [3.8, 4) is 6.07 Å². The number of fused-ring (bicyclic) bond motifs is 1. The van der Waals surface area contributed by atoms with E-state index in [0.717, 1.165) is 4.68 Å². The molecule has 0 saturated carbocycles. The number of aromatic nitrogens is 2. The number of benzene rings is 1. The van der Waals surface area contributed by atoms with E-state index in [1.807, 2.05) is 6.07 Å². The zero-order valence-electron chi connectivity index (χ0n) is 6.53. The van der Waals surface area contributed by atoms with Gasteiger partial charge in [0.15, 0.2) is 0 Å². The second kappa shape index (κ2) is 2.45. The zero-order valence-corrected chi connectivity index (χ0v) is 6.53. The lowest BCUT2D eigenvalue weighted by molar-refractivity contribution is 0.629. The van der Waals surface area contributed by atoms with Crippen LogP contribution in [0.2, 0.25) is 0 Å². The molecule has 5 heteroatoms. The van der Waals surface area contributed by atoms with Gasteiger partial charge in [-0.3, -0.25) is 0 Å². The fraction of sp³-hybridized carbons (Fsp3) is 0. The summed E-state index contributed by atoms with van der Waals surface area (Å²) >= 11 is 0. The van der Waals surface area contributed by atoms with Crippen molar-refractivity contribution in [2.24, 2.45) is 0 Å². The maximum absolute atomic E-state index is 12.7. The summed E-state index contributed by atoms with van der Waals surface area (Å²) in [5, 5.41) is 8.58. The van der Waals surface area contributed by atoms with Gasteiger partial charge in [0.2, 0.25) is 5.82 Å². The van der Waals surface area contributed by atoms with Crippen LogP contribution in [-0.2, 0) is 0 Å². The molecule has 4 nitrogen and oxygen atoms in total. The predicted molar refractivity (Wildman–Crippen MR) is 44.6 cm³/mol. The Balaban J connectivity index is 2.86. The van der Waals surface area contributed by atoms with E-state index >= 15 is 0 Å². The Labute approximate surface area is 73.0 Å². The molecule has 2 aromatic rings. The summed E-state index contributed by atoms with van der Waals surface area (Å²) in [4.78, 5) is 3.83. The van der Waals surface area contributed by atoms with Crippen LogP contribution in [0.3, 0.4) is 0 Å². The maximum atomic E-state index is 12.7. The Morgan fingerprint density at radius 2 is 2.31 bits per heavy atom. The molecule has 13 heavy (non-hydrogen) atoms. The molecule has 0 aliphatic rings. The molecular weight excluding hydrogens is 171 g/mol. The molecule has 1 aromatic heterocycles. The van der Waals surface area contributed by atoms with Gasteiger partial charge in [0.1, 0.15) is 11.9 Å². The van der Waals surface area contributed by atoms with Crippen molar-refractivity contribution in [2.45, 2.75) is 0 Å². The summed E-state index contributed by atoms with van der Waals surface area (Å²) in [6.45, 7) is 0. The number of nitrogens with zero attached hydrogens (tertiary/aromatic N) is 3. The third kappa shape index (κ3) is 0.999. The lowest BCUT2D eigenvalue weighted by atomic mass is 10.3. The maximum Gasteiger partial charge on any atom is 0.232 e. The van der Waals surface area contributed by atoms with Crippen molar-refractivity contribution in [3.63, 3.8) is 0 Å². The van der Waals surface area contributed by atoms with Crippen molar-refractivity contribution < 1.29 is 4.39 Å². The van der Waals surface area contributed by atoms with Crippen molar-refractivity contribution in [2.75, 3.05) is 5.84 Å². The van der Waals surface area contributed by atoms with E-state index < -0.39 is 5.82 Å². The van der Waals surface area contributed by atoms with E-state index in [4.69, 9.17) is 11.1 Å². The SMILES string of the molecule is N#Cc1nc2cc(F)ccc2n1N. The quantitative estimate of drug-likeness (QED) is 0.602. The topological polar surface area (TPSA) is 67.6 Å². The third-order valence-corrected chi connectivity index (χ3v) is 1.75. The number of nitrogen functional groups attached to an aromatic ring is 1. The van der Waals surface area contributed by atoms with Gasteiger partial charge >= 0.3 is 0 Å². The van der Waals surface area contributed by atoms with E-state index in [1.54, 1.807) is 0 Å². The summed E-state index contributed by atoms with van der Waals surface area (Å²) in [6, 6.07) is 5.80. The molecular formula is C8H5FN4. The molecule has 0 spiro atoms. The molecule has 2 N–H and O–H groups in total. The van der Waals surface area contributed by atoms with Gasteiger partial charge in [0, 0.05) is 6.07 Å². The Morgan fingerprint density at radius 1 is 1.54 bits per heavy atom. The van der Waals surface area contributed by atoms with Crippen LogP contribution in [0.1, 0.15) is 5.82 Å². The zero-order chi connectivity index (χ0) is 9.42. The number of halogens is 1. The van der Waals surface area contributed by atoms with Crippen molar-refractivity contribution in [1.82, 2.24) is 9.66 Å².